The molecule has 93 heavy (non-hydrogen) atoms. The third kappa shape index (κ3) is 44.0. The Morgan fingerprint density at radius 1 is 0.269 bits per heavy atom. The molecule has 0 aromatic heterocycles. The monoisotopic (exact) mass is 1330 g/mol. The number of unbranched alkanes of at least 4 members (excludes halogenated alkanes) is 4. The number of methoxy groups -OCH3 is 10. The molecule has 0 atom stereocenters. The summed E-state index contributed by atoms with van der Waals surface area (Å²) in [6.07, 6.45) is 13.2. The highest BCUT2D eigenvalue weighted by molar-refractivity contribution is 5.97. The lowest BCUT2D eigenvalue weighted by Crippen LogP contribution is -2.64. The zero-order chi connectivity index (χ0) is 72.7. The van der Waals surface area contributed by atoms with Crippen molar-refractivity contribution in [2.75, 3.05) is 123 Å². The number of amides is 5. The van der Waals surface area contributed by atoms with Gasteiger partial charge in [0.1, 0.15) is 24.2 Å². The number of esters is 10. The number of hydrogen-bond acceptors (Lipinski definition) is 25. The summed E-state index contributed by atoms with van der Waals surface area (Å²) < 4.78 is 45.2. The van der Waals surface area contributed by atoms with Crippen LogP contribution in [0.1, 0.15) is 118 Å². The molecule has 0 fully saturated rings. The van der Waals surface area contributed by atoms with Gasteiger partial charge >= 0.3 is 59.7 Å². The minimum atomic E-state index is -1.34. The van der Waals surface area contributed by atoms with E-state index in [1.165, 1.54) is 116 Å². The SMILES string of the molecule is C=CC(=O)N(C(C)(C)C(=O)OC)C(C)(C)C(=O)OC.C=CC(=O)N(CC(=O)OC)CC(=O)OC.C=CC(=O)N(CCC(=O)OC)CCC(=O)OC.C=CC(=O)N(CCCC(=O)OC)CCCC(=O)OC.C=CC(=O)N(CCCCCC(=O)OC)CCCCCC(=O)OC. The highest BCUT2D eigenvalue weighted by Crippen LogP contribution is 2.28. The molecule has 0 saturated heterocycles. The number of carbonyl (C=O) groups is 15. The molecule has 0 radical (unpaired) electrons. The first-order chi connectivity index (χ1) is 43.7. The molecule has 528 valence electrons. The Balaban J connectivity index is -0.000000349. The van der Waals surface area contributed by atoms with Crippen LogP contribution >= 0.6 is 0 Å². The lowest BCUT2D eigenvalue weighted by molar-refractivity contribution is -0.173. The summed E-state index contributed by atoms with van der Waals surface area (Å²) in [7, 11) is 12.8. The predicted octanol–water partition coefficient (Wildman–Crippen LogP) is 3.75. The van der Waals surface area contributed by atoms with Gasteiger partial charge in [0.2, 0.25) is 29.5 Å². The largest absolute Gasteiger partial charge is 0.469 e. The zero-order valence-electron chi connectivity index (χ0n) is 56.9. The van der Waals surface area contributed by atoms with Crippen molar-refractivity contribution in [1.29, 1.82) is 0 Å². The third-order valence-corrected chi connectivity index (χ3v) is 12.7. The third-order valence-electron chi connectivity index (χ3n) is 12.7. The van der Waals surface area contributed by atoms with Gasteiger partial charge in [0, 0.05) is 65.0 Å². The van der Waals surface area contributed by atoms with Crippen molar-refractivity contribution in [3.8, 4) is 0 Å². The van der Waals surface area contributed by atoms with E-state index in [9.17, 15) is 71.9 Å². The molecule has 0 heterocycles. The minimum absolute atomic E-state index is 0.0778. The molecule has 0 N–H and O–H groups in total. The number of hydrogen-bond donors (Lipinski definition) is 0. The van der Waals surface area contributed by atoms with Crippen LogP contribution in [0.25, 0.3) is 0 Å². The lowest BCUT2D eigenvalue weighted by atomic mass is 9.92. The maximum atomic E-state index is 12.0. The standard InChI is InChI=1S/C17H29NO5.2C13H21NO5.C11H17NO5.C9H13NO5/c1-4-15(19)18(13-9-5-7-11-16(20)22-2)14-10-6-8-12-17(21)23-3;1-8-9(15)14(12(2,3)10(16)18-6)13(4,5)11(17)19-7;1-4-11(15)14(9-5-7-12(16)18-2)10-6-8-13(17)19-3;1-4-9(13)12(7-5-10(14)16-2)8-6-11(15)17-3;1-4-7(11)10(5-8(12)14-2)6-9(13)15-3/h4H,1,5-14H2,2-3H3;8H,1H2,2-7H3;4H,1,5-10H2,2-3H3;4H,1,5-8H2,2-3H3;4H,1,5-6H2,2-3H3. The van der Waals surface area contributed by atoms with Crippen molar-refractivity contribution < 1.29 is 119 Å². The average molecular weight is 1330 g/mol. The van der Waals surface area contributed by atoms with Crippen molar-refractivity contribution in [1.82, 2.24) is 24.5 Å². The van der Waals surface area contributed by atoms with Gasteiger partial charge in [0.15, 0.2) is 0 Å². The van der Waals surface area contributed by atoms with Gasteiger partial charge in [0.05, 0.1) is 83.9 Å². The summed E-state index contributed by atoms with van der Waals surface area (Å²) in [6.45, 7) is 24.8. The van der Waals surface area contributed by atoms with Crippen molar-refractivity contribution >= 4 is 89.2 Å². The summed E-state index contributed by atoms with van der Waals surface area (Å²) in [4.78, 5) is 176. The summed E-state index contributed by atoms with van der Waals surface area (Å²) in [6, 6.07) is 0. The van der Waals surface area contributed by atoms with Gasteiger partial charge in [-0.15, -0.1) is 0 Å². The maximum Gasteiger partial charge on any atom is 0.331 e. The molecular formula is C63H101N5O25. The van der Waals surface area contributed by atoms with E-state index in [0.29, 0.717) is 51.9 Å². The zero-order valence-corrected chi connectivity index (χ0v) is 56.9. The molecule has 0 aliphatic carbocycles. The Labute approximate surface area is 546 Å². The molecule has 0 aromatic carbocycles. The Bertz CT molecular complexity index is 2330. The minimum Gasteiger partial charge on any atom is -0.469 e. The summed E-state index contributed by atoms with van der Waals surface area (Å²) in [5.41, 5.74) is -2.67. The van der Waals surface area contributed by atoms with Crippen LogP contribution in [-0.2, 0) is 119 Å². The van der Waals surface area contributed by atoms with Gasteiger partial charge in [-0.3, -0.25) is 62.3 Å². The fourth-order valence-electron chi connectivity index (χ4n) is 7.58. The predicted molar refractivity (Wildman–Crippen MR) is 337 cm³/mol. The first kappa shape index (κ1) is 92.5. The fourth-order valence-corrected chi connectivity index (χ4v) is 7.58. The number of carbonyl (C=O) groups excluding carboxylic acids is 15. The molecule has 30 heteroatoms. The summed E-state index contributed by atoms with van der Waals surface area (Å²) >= 11 is 0. The second-order valence-corrected chi connectivity index (χ2v) is 19.9. The smallest absolute Gasteiger partial charge is 0.331 e. The van der Waals surface area contributed by atoms with Crippen LogP contribution in [0.2, 0.25) is 0 Å². The highest BCUT2D eigenvalue weighted by Gasteiger charge is 2.50. The van der Waals surface area contributed by atoms with E-state index in [0.717, 1.165) is 66.6 Å². The Morgan fingerprint density at radius 2 is 0.495 bits per heavy atom. The molecule has 0 aliphatic rings. The van der Waals surface area contributed by atoms with Crippen LogP contribution in [0, 0.1) is 0 Å². The molecule has 0 aliphatic heterocycles. The quantitative estimate of drug-likeness (QED) is 0.0366. The van der Waals surface area contributed by atoms with E-state index >= 15 is 0 Å². The van der Waals surface area contributed by atoms with Crippen LogP contribution in [0.15, 0.2) is 63.3 Å². The van der Waals surface area contributed by atoms with Crippen molar-refractivity contribution in [2.45, 2.75) is 129 Å². The first-order valence-electron chi connectivity index (χ1n) is 29.1. The van der Waals surface area contributed by atoms with Crippen LogP contribution in [0.5, 0.6) is 0 Å². The van der Waals surface area contributed by atoms with Crippen LogP contribution < -0.4 is 0 Å². The van der Waals surface area contributed by atoms with Crippen LogP contribution in [0.4, 0.5) is 0 Å². The lowest BCUT2D eigenvalue weighted by Gasteiger charge is -2.44. The molecule has 0 spiro atoms. The summed E-state index contributed by atoms with van der Waals surface area (Å²) in [5, 5.41) is 0. The van der Waals surface area contributed by atoms with E-state index in [4.69, 9.17) is 0 Å². The summed E-state index contributed by atoms with van der Waals surface area (Å²) in [5.74, 6) is -6.07. The molecule has 0 bridgehead atoms. The van der Waals surface area contributed by atoms with E-state index < -0.39 is 58.7 Å². The molecule has 30 nitrogen and oxygen atoms in total. The molecule has 5 amide bonds. The van der Waals surface area contributed by atoms with Crippen LogP contribution in [0.3, 0.4) is 0 Å². The molecule has 0 unspecified atom stereocenters. The maximum absolute atomic E-state index is 12.0. The van der Waals surface area contributed by atoms with E-state index in [-0.39, 0.29) is 93.5 Å². The highest BCUT2D eigenvalue weighted by atomic mass is 16.6. The number of rotatable bonds is 39. The van der Waals surface area contributed by atoms with Crippen molar-refractivity contribution in [2.24, 2.45) is 0 Å². The van der Waals surface area contributed by atoms with E-state index in [2.05, 4.69) is 80.3 Å². The van der Waals surface area contributed by atoms with Gasteiger partial charge in [-0.05, 0) is 96.6 Å². The first-order valence-corrected chi connectivity index (χ1v) is 29.1. The van der Waals surface area contributed by atoms with Gasteiger partial charge in [-0.2, -0.15) is 0 Å². The van der Waals surface area contributed by atoms with Gasteiger partial charge in [-0.1, -0.05) is 45.7 Å². The molecule has 0 saturated carbocycles. The number of ether oxygens (including phenoxy) is 10. The van der Waals surface area contributed by atoms with Crippen LogP contribution in [-0.4, -0.2) is 248 Å². The average Bonchev–Trinajstić information content (AvgIpc) is 0.781. The van der Waals surface area contributed by atoms with Crippen molar-refractivity contribution in [3.05, 3.63) is 63.3 Å². The molecular weight excluding hydrogens is 1230 g/mol. The number of nitrogens with zero attached hydrogens (tertiary/aromatic N) is 5. The Morgan fingerprint density at radius 3 is 0.742 bits per heavy atom. The van der Waals surface area contributed by atoms with Crippen molar-refractivity contribution in [3.63, 3.8) is 0 Å². The second-order valence-electron chi connectivity index (χ2n) is 19.9. The normalized spacial score (nSPS) is 9.91. The second kappa shape index (κ2) is 55.6. The molecule has 0 aromatic rings. The van der Waals surface area contributed by atoms with Gasteiger partial charge in [-0.25, -0.2) is 9.59 Å². The van der Waals surface area contributed by atoms with E-state index in [1.54, 1.807) is 9.80 Å². The van der Waals surface area contributed by atoms with Gasteiger partial charge in [0.25, 0.3) is 0 Å². The van der Waals surface area contributed by atoms with Gasteiger partial charge < -0.3 is 71.9 Å². The molecule has 0 rings (SSSR count). The Kier molecular flexibility index (Phi) is 55.3. The fraction of sp³-hybridized carbons (Fsp3) is 0.603. The van der Waals surface area contributed by atoms with E-state index in [1.807, 2.05) is 0 Å². The topological polar surface area (TPSA) is 365 Å². The Hall–Kier alpha value is -9.25.